The van der Waals surface area contributed by atoms with Gasteiger partial charge in [0.1, 0.15) is 0 Å². The minimum Gasteiger partial charge on any atom is -0.355 e. The number of carbonyl (C=O) groups excluding carboxylic acids is 2. The summed E-state index contributed by atoms with van der Waals surface area (Å²) in [6, 6.07) is 26.6. The molecule has 6 heteroatoms. The van der Waals surface area contributed by atoms with E-state index in [1.54, 1.807) is 0 Å². The van der Waals surface area contributed by atoms with Crippen LogP contribution >= 0.6 is 0 Å². The molecule has 0 radical (unpaired) electrons. The van der Waals surface area contributed by atoms with Gasteiger partial charge in [-0.25, -0.2) is 4.79 Å². The fourth-order valence-corrected chi connectivity index (χ4v) is 3.79. The van der Waals surface area contributed by atoms with E-state index in [1.807, 2.05) is 84.9 Å². The van der Waals surface area contributed by atoms with Crippen LogP contribution in [-0.2, 0) is 4.79 Å². The van der Waals surface area contributed by atoms with Gasteiger partial charge in [0.25, 0.3) is 0 Å². The van der Waals surface area contributed by atoms with Crippen molar-refractivity contribution in [2.24, 2.45) is 0 Å². The number of benzene rings is 3. The summed E-state index contributed by atoms with van der Waals surface area (Å²) in [6.45, 7) is 7.51. The quantitative estimate of drug-likeness (QED) is 0.376. The van der Waals surface area contributed by atoms with Gasteiger partial charge in [-0.05, 0) is 41.9 Å². The van der Waals surface area contributed by atoms with Crippen LogP contribution in [0.4, 0.5) is 10.5 Å². The highest BCUT2D eigenvalue weighted by molar-refractivity contribution is 5.90. The van der Waals surface area contributed by atoms with Gasteiger partial charge in [0.05, 0.1) is 12.5 Å². The van der Waals surface area contributed by atoms with Gasteiger partial charge in [0, 0.05) is 18.8 Å². The Labute approximate surface area is 202 Å². The molecule has 0 saturated heterocycles. The van der Waals surface area contributed by atoms with Gasteiger partial charge in [0.2, 0.25) is 5.91 Å². The van der Waals surface area contributed by atoms with Crippen molar-refractivity contribution in [2.45, 2.75) is 26.3 Å². The van der Waals surface area contributed by atoms with Gasteiger partial charge in [0.15, 0.2) is 0 Å². The summed E-state index contributed by atoms with van der Waals surface area (Å²) in [5.74, 6) is -0.0893. The van der Waals surface area contributed by atoms with E-state index in [-0.39, 0.29) is 18.4 Å². The number of nitrogens with zero attached hydrogens (tertiary/aromatic N) is 1. The van der Waals surface area contributed by atoms with Gasteiger partial charge in [-0.15, -0.1) is 0 Å². The molecule has 3 amide bonds. The molecule has 178 valence electrons. The minimum absolute atomic E-state index is 0.0893. The zero-order valence-electron chi connectivity index (χ0n) is 20.0. The monoisotopic (exact) mass is 458 g/mol. The van der Waals surface area contributed by atoms with Gasteiger partial charge in [-0.1, -0.05) is 86.6 Å². The molecule has 0 aliphatic carbocycles. The highest BCUT2D eigenvalue weighted by Gasteiger charge is 2.18. The van der Waals surface area contributed by atoms with Crippen LogP contribution in [0, 0.1) is 0 Å². The fraction of sp³-hybridized carbons (Fsp3) is 0.286. The van der Waals surface area contributed by atoms with Crippen molar-refractivity contribution in [1.82, 2.24) is 15.5 Å². The van der Waals surface area contributed by atoms with Crippen molar-refractivity contribution >= 4 is 17.6 Å². The number of amides is 3. The molecule has 0 fully saturated rings. The van der Waals surface area contributed by atoms with E-state index in [0.717, 1.165) is 36.3 Å². The zero-order valence-corrected chi connectivity index (χ0v) is 20.0. The van der Waals surface area contributed by atoms with E-state index in [9.17, 15) is 9.59 Å². The maximum absolute atomic E-state index is 12.8. The van der Waals surface area contributed by atoms with Gasteiger partial charge < -0.3 is 20.9 Å². The van der Waals surface area contributed by atoms with Gasteiger partial charge >= 0.3 is 6.03 Å². The molecule has 1 unspecified atom stereocenters. The summed E-state index contributed by atoms with van der Waals surface area (Å²) in [5, 5.41) is 8.81. The Morgan fingerprint density at radius 2 is 1.38 bits per heavy atom. The number of urea groups is 1. The number of likely N-dealkylation sites (N-methyl/N-ethyl adjacent to an activating group) is 1. The summed E-state index contributed by atoms with van der Waals surface area (Å²) in [5.41, 5.74) is 3.77. The van der Waals surface area contributed by atoms with E-state index >= 15 is 0 Å². The average Bonchev–Trinajstić information content (AvgIpc) is 2.88. The standard InChI is InChI=1S/C28H34N4O2/c1-3-32(4-2)20-19-29-27(33)21-26(24-13-9-6-10-14-24)31-28(34)30-25-17-15-23(16-18-25)22-11-7-5-8-12-22/h5-18,26H,3-4,19-21H2,1-2H3,(H,29,33)(H2,30,31,34). The Kier molecular flexibility index (Phi) is 9.67. The molecule has 0 saturated carbocycles. The number of hydrogen-bond acceptors (Lipinski definition) is 3. The molecule has 3 N–H and O–H groups in total. The van der Waals surface area contributed by atoms with Crippen LogP contribution in [0.5, 0.6) is 0 Å². The second-order valence-electron chi connectivity index (χ2n) is 8.09. The van der Waals surface area contributed by atoms with Crippen molar-refractivity contribution < 1.29 is 9.59 Å². The molecule has 3 rings (SSSR count). The normalized spacial score (nSPS) is 11.6. The average molecular weight is 459 g/mol. The van der Waals surface area contributed by atoms with Crippen LogP contribution in [0.1, 0.15) is 31.9 Å². The van der Waals surface area contributed by atoms with Crippen molar-refractivity contribution in [3.05, 3.63) is 90.5 Å². The maximum atomic E-state index is 12.8. The Hall–Kier alpha value is -3.64. The molecule has 0 spiro atoms. The molecule has 1 atom stereocenters. The molecular weight excluding hydrogens is 424 g/mol. The number of carbonyl (C=O) groups is 2. The smallest absolute Gasteiger partial charge is 0.319 e. The molecule has 3 aromatic rings. The van der Waals surface area contributed by atoms with Crippen LogP contribution in [0.15, 0.2) is 84.9 Å². The van der Waals surface area contributed by atoms with Crippen LogP contribution in [0.3, 0.4) is 0 Å². The minimum atomic E-state index is -0.432. The third-order valence-electron chi connectivity index (χ3n) is 5.79. The van der Waals surface area contributed by atoms with Gasteiger partial charge in [-0.2, -0.15) is 0 Å². The summed E-state index contributed by atoms with van der Waals surface area (Å²) in [7, 11) is 0. The zero-order chi connectivity index (χ0) is 24.2. The number of nitrogens with one attached hydrogen (secondary N) is 3. The van der Waals surface area contributed by atoms with Crippen LogP contribution in [-0.4, -0.2) is 43.0 Å². The van der Waals surface area contributed by atoms with E-state index in [0.29, 0.717) is 12.2 Å². The SMILES string of the molecule is CCN(CC)CCNC(=O)CC(NC(=O)Nc1ccc(-c2ccccc2)cc1)c1ccccc1. The van der Waals surface area contributed by atoms with Crippen molar-refractivity contribution in [1.29, 1.82) is 0 Å². The Morgan fingerprint density at radius 3 is 2.00 bits per heavy atom. The molecule has 6 nitrogen and oxygen atoms in total. The number of anilines is 1. The number of rotatable bonds is 11. The molecule has 0 bridgehead atoms. The summed E-state index contributed by atoms with van der Waals surface area (Å²) < 4.78 is 0. The molecule has 3 aromatic carbocycles. The van der Waals surface area contributed by atoms with Gasteiger partial charge in [-0.3, -0.25) is 4.79 Å². The largest absolute Gasteiger partial charge is 0.355 e. The van der Waals surface area contributed by atoms with Crippen LogP contribution in [0.2, 0.25) is 0 Å². The maximum Gasteiger partial charge on any atom is 0.319 e. The predicted molar refractivity (Wildman–Crippen MR) is 139 cm³/mol. The third-order valence-corrected chi connectivity index (χ3v) is 5.79. The molecule has 34 heavy (non-hydrogen) atoms. The van der Waals surface area contributed by atoms with E-state index in [4.69, 9.17) is 0 Å². The van der Waals surface area contributed by atoms with Crippen LogP contribution in [0.25, 0.3) is 11.1 Å². The lowest BCUT2D eigenvalue weighted by Crippen LogP contribution is -2.38. The first-order chi connectivity index (χ1) is 16.6. The summed E-state index contributed by atoms with van der Waals surface area (Å²) >= 11 is 0. The Balaban J connectivity index is 1.59. The molecule has 0 heterocycles. The highest BCUT2D eigenvalue weighted by Crippen LogP contribution is 2.21. The molecule has 0 aliphatic heterocycles. The fourth-order valence-electron chi connectivity index (χ4n) is 3.79. The first-order valence-corrected chi connectivity index (χ1v) is 11.9. The second-order valence-corrected chi connectivity index (χ2v) is 8.09. The van der Waals surface area contributed by atoms with Crippen molar-refractivity contribution in [2.75, 3.05) is 31.5 Å². The molecular formula is C28H34N4O2. The Bertz CT molecular complexity index is 1020. The first kappa shape index (κ1) is 25.0. The third kappa shape index (κ3) is 7.74. The second kappa shape index (κ2) is 13.2. The lowest BCUT2D eigenvalue weighted by molar-refractivity contribution is -0.121. The topological polar surface area (TPSA) is 73.5 Å². The summed E-state index contributed by atoms with van der Waals surface area (Å²) in [6.07, 6.45) is 0.169. The first-order valence-electron chi connectivity index (χ1n) is 11.9. The van der Waals surface area contributed by atoms with E-state index in [1.165, 1.54) is 0 Å². The van der Waals surface area contributed by atoms with E-state index < -0.39 is 6.04 Å². The number of hydrogen-bond donors (Lipinski definition) is 3. The predicted octanol–water partition coefficient (Wildman–Crippen LogP) is 5.06. The van der Waals surface area contributed by atoms with Crippen molar-refractivity contribution in [3.63, 3.8) is 0 Å². The molecule has 0 aliphatic rings. The van der Waals surface area contributed by atoms with Crippen LogP contribution < -0.4 is 16.0 Å². The molecule has 0 aromatic heterocycles. The van der Waals surface area contributed by atoms with E-state index in [2.05, 4.69) is 34.7 Å². The summed E-state index contributed by atoms with van der Waals surface area (Å²) in [4.78, 5) is 27.6. The Morgan fingerprint density at radius 1 is 0.794 bits per heavy atom. The lowest BCUT2D eigenvalue weighted by atomic mass is 10.0. The lowest BCUT2D eigenvalue weighted by Gasteiger charge is -2.21. The highest BCUT2D eigenvalue weighted by atomic mass is 16.2. The van der Waals surface area contributed by atoms with Crippen molar-refractivity contribution in [3.8, 4) is 11.1 Å².